The highest BCUT2D eigenvalue weighted by Gasteiger charge is 2.30. The zero-order valence-electron chi connectivity index (χ0n) is 11.1. The Morgan fingerprint density at radius 2 is 2.24 bits per heavy atom. The molecule has 0 aliphatic carbocycles. The highest BCUT2D eigenvalue weighted by atomic mass is 16.1. The molecule has 1 atom stereocenters. The van der Waals surface area contributed by atoms with Crippen LogP contribution in [-0.4, -0.2) is 21.9 Å². The van der Waals surface area contributed by atoms with Crippen LogP contribution in [0.4, 0.5) is 0 Å². The number of hydrogen-bond acceptors (Lipinski definition) is 3. The summed E-state index contributed by atoms with van der Waals surface area (Å²) in [7, 11) is 0. The smallest absolute Gasteiger partial charge is 0.147 e. The number of carbonyl (C=O) groups is 1. The SMILES string of the molecule is CCCn1ccnc1CC(=O)C(C)(CC)CN. The van der Waals surface area contributed by atoms with E-state index >= 15 is 0 Å². The number of imidazole rings is 1. The number of Topliss-reactive ketones (excluding diaryl/α,β-unsaturated/α-hetero) is 1. The van der Waals surface area contributed by atoms with Crippen molar-refractivity contribution >= 4 is 5.78 Å². The predicted molar refractivity (Wildman–Crippen MR) is 68.7 cm³/mol. The standard InChI is InChI=1S/C13H23N3O/c1-4-7-16-8-6-15-12(16)9-11(17)13(3,5-2)10-14/h6,8H,4-5,7,9-10,14H2,1-3H3. The van der Waals surface area contributed by atoms with Gasteiger partial charge in [-0.2, -0.15) is 0 Å². The van der Waals surface area contributed by atoms with Gasteiger partial charge in [0, 0.05) is 30.9 Å². The van der Waals surface area contributed by atoms with Gasteiger partial charge in [0.1, 0.15) is 11.6 Å². The molecule has 4 nitrogen and oxygen atoms in total. The lowest BCUT2D eigenvalue weighted by Gasteiger charge is -2.24. The summed E-state index contributed by atoms with van der Waals surface area (Å²) in [6.07, 6.45) is 5.88. The lowest BCUT2D eigenvalue weighted by Crippen LogP contribution is -2.36. The monoisotopic (exact) mass is 237 g/mol. The number of aromatic nitrogens is 2. The van der Waals surface area contributed by atoms with E-state index < -0.39 is 5.41 Å². The van der Waals surface area contributed by atoms with Gasteiger partial charge in [0.2, 0.25) is 0 Å². The molecule has 0 aromatic carbocycles. The number of nitrogens with zero attached hydrogens (tertiary/aromatic N) is 2. The molecule has 0 fully saturated rings. The highest BCUT2D eigenvalue weighted by molar-refractivity contribution is 5.86. The molecule has 17 heavy (non-hydrogen) atoms. The Labute approximate surface area is 103 Å². The molecule has 0 saturated carbocycles. The summed E-state index contributed by atoms with van der Waals surface area (Å²) < 4.78 is 2.05. The van der Waals surface area contributed by atoms with Crippen molar-refractivity contribution in [2.75, 3.05) is 6.54 Å². The molecule has 4 heteroatoms. The maximum absolute atomic E-state index is 12.2. The first kappa shape index (κ1) is 13.9. The maximum atomic E-state index is 12.2. The average Bonchev–Trinajstić information content (AvgIpc) is 2.76. The van der Waals surface area contributed by atoms with Crippen molar-refractivity contribution in [1.29, 1.82) is 0 Å². The van der Waals surface area contributed by atoms with Gasteiger partial charge in [0.15, 0.2) is 0 Å². The van der Waals surface area contributed by atoms with E-state index in [9.17, 15) is 4.79 Å². The summed E-state index contributed by atoms with van der Waals surface area (Å²) in [6, 6.07) is 0. The summed E-state index contributed by atoms with van der Waals surface area (Å²) in [4.78, 5) is 16.5. The van der Waals surface area contributed by atoms with Crippen LogP contribution in [-0.2, 0) is 17.8 Å². The molecule has 0 amide bonds. The lowest BCUT2D eigenvalue weighted by atomic mass is 9.81. The molecule has 1 rings (SSSR count). The van der Waals surface area contributed by atoms with Crippen LogP contribution in [0.15, 0.2) is 12.4 Å². The van der Waals surface area contributed by atoms with Crippen molar-refractivity contribution in [3.8, 4) is 0 Å². The molecule has 96 valence electrons. The van der Waals surface area contributed by atoms with Crippen LogP contribution in [0.1, 0.15) is 39.4 Å². The van der Waals surface area contributed by atoms with Gasteiger partial charge in [-0.1, -0.05) is 20.8 Å². The minimum atomic E-state index is -0.414. The molecule has 0 aliphatic rings. The molecule has 1 aromatic rings. The third-order valence-corrected chi connectivity index (χ3v) is 3.49. The van der Waals surface area contributed by atoms with Gasteiger partial charge in [0.05, 0.1) is 6.42 Å². The fraction of sp³-hybridized carbons (Fsp3) is 0.692. The second-order valence-corrected chi connectivity index (χ2v) is 4.76. The Morgan fingerprint density at radius 3 is 2.76 bits per heavy atom. The first-order chi connectivity index (χ1) is 8.07. The van der Waals surface area contributed by atoms with E-state index in [2.05, 4.69) is 11.9 Å². The summed E-state index contributed by atoms with van der Waals surface area (Å²) >= 11 is 0. The van der Waals surface area contributed by atoms with E-state index in [0.29, 0.717) is 13.0 Å². The summed E-state index contributed by atoms with van der Waals surface area (Å²) in [5, 5.41) is 0. The fourth-order valence-electron chi connectivity index (χ4n) is 1.76. The van der Waals surface area contributed by atoms with Gasteiger partial charge in [-0.25, -0.2) is 4.98 Å². The number of hydrogen-bond donors (Lipinski definition) is 1. The van der Waals surface area contributed by atoms with Crippen LogP contribution >= 0.6 is 0 Å². The van der Waals surface area contributed by atoms with E-state index in [0.717, 1.165) is 25.2 Å². The van der Waals surface area contributed by atoms with Crippen molar-refractivity contribution in [1.82, 2.24) is 9.55 Å². The minimum Gasteiger partial charge on any atom is -0.335 e. The molecule has 1 aromatic heterocycles. The van der Waals surface area contributed by atoms with Gasteiger partial charge in [-0.15, -0.1) is 0 Å². The Kier molecular flexibility index (Phi) is 4.87. The quantitative estimate of drug-likeness (QED) is 0.786. The van der Waals surface area contributed by atoms with Gasteiger partial charge < -0.3 is 10.3 Å². The molecule has 0 spiro atoms. The zero-order chi connectivity index (χ0) is 12.9. The Bertz CT molecular complexity index is 366. The molecular formula is C13H23N3O. The molecule has 2 N–H and O–H groups in total. The van der Waals surface area contributed by atoms with Crippen molar-refractivity contribution in [2.45, 2.75) is 46.6 Å². The maximum Gasteiger partial charge on any atom is 0.147 e. The Balaban J connectivity index is 2.77. The van der Waals surface area contributed by atoms with Crippen LogP contribution in [0.2, 0.25) is 0 Å². The van der Waals surface area contributed by atoms with Crippen molar-refractivity contribution in [3.63, 3.8) is 0 Å². The summed E-state index contributed by atoms with van der Waals surface area (Å²) in [6.45, 7) is 7.36. The van der Waals surface area contributed by atoms with Crippen LogP contribution in [0.3, 0.4) is 0 Å². The normalized spacial score (nSPS) is 14.6. The van der Waals surface area contributed by atoms with Crippen LogP contribution in [0, 0.1) is 5.41 Å². The van der Waals surface area contributed by atoms with Gasteiger partial charge >= 0.3 is 0 Å². The topological polar surface area (TPSA) is 60.9 Å². The van der Waals surface area contributed by atoms with Crippen molar-refractivity contribution in [2.24, 2.45) is 11.1 Å². The molecule has 0 aliphatic heterocycles. The third-order valence-electron chi connectivity index (χ3n) is 3.49. The second kappa shape index (κ2) is 5.96. The zero-order valence-corrected chi connectivity index (χ0v) is 11.1. The molecule has 1 unspecified atom stereocenters. The number of rotatable bonds is 7. The summed E-state index contributed by atoms with van der Waals surface area (Å²) in [5.41, 5.74) is 5.28. The van der Waals surface area contributed by atoms with Gasteiger partial charge in [-0.05, 0) is 12.8 Å². The number of ketones is 1. The Hall–Kier alpha value is -1.16. The van der Waals surface area contributed by atoms with Crippen molar-refractivity contribution in [3.05, 3.63) is 18.2 Å². The van der Waals surface area contributed by atoms with E-state index in [4.69, 9.17) is 5.73 Å². The van der Waals surface area contributed by atoms with Crippen LogP contribution < -0.4 is 5.73 Å². The fourth-order valence-corrected chi connectivity index (χ4v) is 1.76. The molecule has 0 saturated heterocycles. The average molecular weight is 237 g/mol. The Morgan fingerprint density at radius 1 is 1.53 bits per heavy atom. The van der Waals surface area contributed by atoms with Crippen LogP contribution in [0.5, 0.6) is 0 Å². The summed E-state index contributed by atoms with van der Waals surface area (Å²) in [5.74, 6) is 1.04. The van der Waals surface area contributed by atoms with Crippen LogP contribution in [0.25, 0.3) is 0 Å². The third kappa shape index (κ3) is 3.16. The molecule has 0 bridgehead atoms. The highest BCUT2D eigenvalue weighted by Crippen LogP contribution is 2.22. The van der Waals surface area contributed by atoms with E-state index in [1.165, 1.54) is 0 Å². The largest absolute Gasteiger partial charge is 0.335 e. The molecule has 0 radical (unpaired) electrons. The lowest BCUT2D eigenvalue weighted by molar-refractivity contribution is -0.127. The number of carbonyl (C=O) groups excluding carboxylic acids is 1. The van der Waals surface area contributed by atoms with E-state index in [-0.39, 0.29) is 5.78 Å². The first-order valence-electron chi connectivity index (χ1n) is 6.30. The number of aryl methyl sites for hydroxylation is 1. The van der Waals surface area contributed by atoms with Gasteiger partial charge in [0.25, 0.3) is 0 Å². The van der Waals surface area contributed by atoms with E-state index in [1.54, 1.807) is 6.20 Å². The van der Waals surface area contributed by atoms with E-state index in [1.807, 2.05) is 24.6 Å². The predicted octanol–water partition coefficient (Wildman–Crippen LogP) is 1.78. The minimum absolute atomic E-state index is 0.186. The van der Waals surface area contributed by atoms with Crippen molar-refractivity contribution < 1.29 is 4.79 Å². The number of nitrogens with two attached hydrogens (primary N) is 1. The first-order valence-corrected chi connectivity index (χ1v) is 6.30. The molecular weight excluding hydrogens is 214 g/mol. The second-order valence-electron chi connectivity index (χ2n) is 4.76. The van der Waals surface area contributed by atoms with Gasteiger partial charge in [-0.3, -0.25) is 4.79 Å². The molecule has 1 heterocycles.